The molecule has 5 nitrogen and oxygen atoms in total. The molecule has 1 unspecified atom stereocenters. The lowest BCUT2D eigenvalue weighted by Gasteiger charge is -2.33. The van der Waals surface area contributed by atoms with Crippen LogP contribution in [0.1, 0.15) is 16.7 Å². The number of hydrogen-bond donors (Lipinski definition) is 0. The molecule has 0 aliphatic carbocycles. The standard InChI is InChI=1S/C27H30N2O3/c1-28(2)23-12-10-22(11-13-23)27(21-7-5-4-6-8-21)19-20-9-14-24(30-3)25(26(20)32-27)29-15-17-31-18-16-29/h4-14H,15-19H2,1-3H3. The molecule has 0 spiro atoms. The Kier molecular flexibility index (Phi) is 5.43. The van der Waals surface area contributed by atoms with Gasteiger partial charge in [0, 0.05) is 56.0 Å². The highest BCUT2D eigenvalue weighted by Crippen LogP contribution is 2.52. The number of rotatable bonds is 5. The summed E-state index contributed by atoms with van der Waals surface area (Å²) < 4.78 is 18.4. The average Bonchev–Trinajstić information content (AvgIpc) is 3.25. The van der Waals surface area contributed by atoms with Crippen LogP contribution in [0.15, 0.2) is 66.7 Å². The Hall–Kier alpha value is -3.18. The van der Waals surface area contributed by atoms with E-state index in [0.29, 0.717) is 13.2 Å². The second kappa shape index (κ2) is 8.40. The van der Waals surface area contributed by atoms with Crippen molar-refractivity contribution < 1.29 is 14.2 Å². The van der Waals surface area contributed by atoms with Gasteiger partial charge in [-0.25, -0.2) is 0 Å². The minimum Gasteiger partial charge on any atom is -0.494 e. The van der Waals surface area contributed by atoms with Gasteiger partial charge in [-0.2, -0.15) is 0 Å². The summed E-state index contributed by atoms with van der Waals surface area (Å²) in [5, 5.41) is 0. The molecule has 1 atom stereocenters. The van der Waals surface area contributed by atoms with Gasteiger partial charge in [-0.15, -0.1) is 0 Å². The van der Waals surface area contributed by atoms with E-state index in [1.807, 2.05) is 0 Å². The minimum atomic E-state index is -0.582. The minimum absolute atomic E-state index is 0.582. The van der Waals surface area contributed by atoms with Crippen molar-refractivity contribution in [3.05, 3.63) is 83.4 Å². The van der Waals surface area contributed by atoms with E-state index < -0.39 is 5.60 Å². The Morgan fingerprint density at radius 1 is 0.875 bits per heavy atom. The fourth-order valence-electron chi connectivity index (χ4n) is 4.80. The van der Waals surface area contributed by atoms with Crippen LogP contribution in [0, 0.1) is 0 Å². The van der Waals surface area contributed by atoms with Crippen molar-refractivity contribution in [3.63, 3.8) is 0 Å². The van der Waals surface area contributed by atoms with Crippen LogP contribution < -0.4 is 19.3 Å². The van der Waals surface area contributed by atoms with Crippen LogP contribution >= 0.6 is 0 Å². The first-order valence-corrected chi connectivity index (χ1v) is 11.2. The fraction of sp³-hybridized carbons (Fsp3) is 0.333. The summed E-state index contributed by atoms with van der Waals surface area (Å²) in [6.07, 6.45) is 0.773. The van der Waals surface area contributed by atoms with E-state index in [2.05, 4.69) is 90.6 Å². The number of anilines is 2. The molecule has 5 rings (SSSR count). The second-order valence-corrected chi connectivity index (χ2v) is 8.62. The molecular weight excluding hydrogens is 400 g/mol. The average molecular weight is 431 g/mol. The van der Waals surface area contributed by atoms with Crippen molar-refractivity contribution >= 4 is 11.4 Å². The van der Waals surface area contributed by atoms with Gasteiger partial charge in [0.25, 0.3) is 0 Å². The van der Waals surface area contributed by atoms with Gasteiger partial charge in [0.1, 0.15) is 11.4 Å². The van der Waals surface area contributed by atoms with Crippen molar-refractivity contribution in [3.8, 4) is 11.5 Å². The van der Waals surface area contributed by atoms with E-state index in [0.717, 1.165) is 47.8 Å². The van der Waals surface area contributed by atoms with Crippen LogP contribution in [0.5, 0.6) is 11.5 Å². The Bertz CT molecular complexity index is 1080. The first kappa shape index (κ1) is 20.7. The summed E-state index contributed by atoms with van der Waals surface area (Å²) in [7, 11) is 5.85. The van der Waals surface area contributed by atoms with Crippen LogP contribution in [0.25, 0.3) is 0 Å². The number of nitrogens with zero attached hydrogens (tertiary/aromatic N) is 2. The second-order valence-electron chi connectivity index (χ2n) is 8.62. The topological polar surface area (TPSA) is 34.2 Å². The molecule has 166 valence electrons. The molecule has 1 saturated heterocycles. The third kappa shape index (κ3) is 3.47. The number of benzene rings is 3. The monoisotopic (exact) mass is 430 g/mol. The number of fused-ring (bicyclic) bond motifs is 1. The number of ether oxygens (including phenoxy) is 3. The summed E-state index contributed by atoms with van der Waals surface area (Å²) in [6.45, 7) is 3.07. The van der Waals surface area contributed by atoms with E-state index in [9.17, 15) is 0 Å². The molecule has 5 heteroatoms. The highest BCUT2D eigenvalue weighted by atomic mass is 16.5. The molecule has 2 aliphatic heterocycles. The first-order chi connectivity index (χ1) is 15.6. The van der Waals surface area contributed by atoms with Crippen LogP contribution in [0.3, 0.4) is 0 Å². The van der Waals surface area contributed by atoms with Crippen molar-refractivity contribution in [2.24, 2.45) is 0 Å². The van der Waals surface area contributed by atoms with Crippen LogP contribution in [0.4, 0.5) is 11.4 Å². The maximum absolute atomic E-state index is 7.02. The Balaban J connectivity index is 1.64. The Morgan fingerprint density at radius 2 is 1.56 bits per heavy atom. The van der Waals surface area contributed by atoms with Gasteiger partial charge in [-0.05, 0) is 18.2 Å². The van der Waals surface area contributed by atoms with Crippen LogP contribution in [0.2, 0.25) is 0 Å². The predicted molar refractivity (Wildman–Crippen MR) is 128 cm³/mol. The molecule has 3 aromatic rings. The summed E-state index contributed by atoms with van der Waals surface area (Å²) in [5.74, 6) is 1.77. The zero-order valence-corrected chi connectivity index (χ0v) is 19.0. The first-order valence-electron chi connectivity index (χ1n) is 11.2. The van der Waals surface area contributed by atoms with Gasteiger partial charge in [0.2, 0.25) is 0 Å². The zero-order valence-electron chi connectivity index (χ0n) is 19.0. The van der Waals surface area contributed by atoms with Gasteiger partial charge in [0.15, 0.2) is 11.4 Å². The smallest absolute Gasteiger partial charge is 0.163 e. The van der Waals surface area contributed by atoms with Crippen LogP contribution in [-0.4, -0.2) is 47.5 Å². The highest BCUT2D eigenvalue weighted by molar-refractivity contribution is 5.73. The molecule has 2 heterocycles. The Labute approximate surface area is 190 Å². The maximum atomic E-state index is 7.02. The van der Waals surface area contributed by atoms with E-state index in [4.69, 9.17) is 14.2 Å². The van der Waals surface area contributed by atoms with Gasteiger partial charge in [0.05, 0.1) is 20.3 Å². The van der Waals surface area contributed by atoms with Crippen molar-refractivity contribution in [2.75, 3.05) is 57.3 Å². The SMILES string of the molecule is COc1ccc2c(c1N1CCOCC1)OC(c1ccccc1)(c1ccc(N(C)C)cc1)C2. The normalized spacial score (nSPS) is 19.9. The summed E-state index contributed by atoms with van der Waals surface area (Å²) in [4.78, 5) is 4.45. The molecule has 32 heavy (non-hydrogen) atoms. The van der Waals surface area contributed by atoms with E-state index >= 15 is 0 Å². The van der Waals surface area contributed by atoms with E-state index in [1.54, 1.807) is 7.11 Å². The molecule has 0 bridgehead atoms. The van der Waals surface area contributed by atoms with E-state index in [-0.39, 0.29) is 0 Å². The van der Waals surface area contributed by atoms with Gasteiger partial charge >= 0.3 is 0 Å². The maximum Gasteiger partial charge on any atom is 0.163 e. The molecule has 0 N–H and O–H groups in total. The summed E-state index contributed by atoms with van der Waals surface area (Å²) >= 11 is 0. The number of morpholine rings is 1. The largest absolute Gasteiger partial charge is 0.494 e. The highest BCUT2D eigenvalue weighted by Gasteiger charge is 2.45. The summed E-state index contributed by atoms with van der Waals surface area (Å²) in [5.41, 5.74) is 5.13. The molecule has 0 saturated carbocycles. The van der Waals surface area contributed by atoms with Gasteiger partial charge in [-0.1, -0.05) is 48.5 Å². The molecule has 3 aromatic carbocycles. The van der Waals surface area contributed by atoms with Gasteiger partial charge < -0.3 is 24.0 Å². The van der Waals surface area contributed by atoms with Gasteiger partial charge in [-0.3, -0.25) is 0 Å². The lowest BCUT2D eigenvalue weighted by Crippen LogP contribution is -2.37. The summed E-state index contributed by atoms with van der Waals surface area (Å²) in [6, 6.07) is 23.5. The fourth-order valence-corrected chi connectivity index (χ4v) is 4.80. The molecule has 0 radical (unpaired) electrons. The molecule has 1 fully saturated rings. The third-order valence-corrected chi connectivity index (χ3v) is 6.53. The third-order valence-electron chi connectivity index (χ3n) is 6.53. The number of methoxy groups -OCH3 is 1. The van der Waals surface area contributed by atoms with Crippen molar-refractivity contribution in [1.29, 1.82) is 0 Å². The predicted octanol–water partition coefficient (Wildman–Crippen LogP) is 4.48. The lowest BCUT2D eigenvalue weighted by atomic mass is 9.82. The van der Waals surface area contributed by atoms with Crippen molar-refractivity contribution in [1.82, 2.24) is 0 Å². The molecule has 2 aliphatic rings. The van der Waals surface area contributed by atoms with Crippen molar-refractivity contribution in [2.45, 2.75) is 12.0 Å². The number of hydrogen-bond acceptors (Lipinski definition) is 5. The van der Waals surface area contributed by atoms with Crippen LogP contribution in [-0.2, 0) is 16.8 Å². The Morgan fingerprint density at radius 3 is 2.22 bits per heavy atom. The quantitative estimate of drug-likeness (QED) is 0.596. The lowest BCUT2D eigenvalue weighted by molar-refractivity contribution is 0.120. The zero-order chi connectivity index (χ0) is 22.1. The molecular formula is C27H30N2O3. The molecule has 0 amide bonds. The van der Waals surface area contributed by atoms with E-state index in [1.165, 1.54) is 11.3 Å². The molecule has 0 aromatic heterocycles.